The zero-order chi connectivity index (χ0) is 20.0. The summed E-state index contributed by atoms with van der Waals surface area (Å²) in [5.74, 6) is 1.45. The number of ether oxygens (including phenoxy) is 2. The number of nitrogens with zero attached hydrogens (tertiary/aromatic N) is 2. The first kappa shape index (κ1) is 19.9. The molecule has 3 rings (SSSR count). The average molecular weight is 398 g/mol. The molecule has 0 amide bonds. The van der Waals surface area contributed by atoms with Crippen molar-refractivity contribution in [3.05, 3.63) is 84.2 Å². The van der Waals surface area contributed by atoms with Crippen molar-refractivity contribution in [2.75, 3.05) is 14.2 Å². The molecule has 0 radical (unpaired) electrons. The number of aromatic nitrogens is 1. The molecule has 7 heteroatoms. The first-order valence-electron chi connectivity index (χ1n) is 8.69. The molecular formula is C21H22N2O4S. The number of benzene rings is 2. The van der Waals surface area contributed by atoms with Gasteiger partial charge < -0.3 is 9.47 Å². The van der Waals surface area contributed by atoms with Crippen molar-refractivity contribution >= 4 is 10.0 Å². The molecule has 146 valence electrons. The summed E-state index contributed by atoms with van der Waals surface area (Å²) < 4.78 is 38.2. The maximum Gasteiger partial charge on any atom is 0.245 e. The molecule has 1 heterocycles. The van der Waals surface area contributed by atoms with Gasteiger partial charge in [-0.3, -0.25) is 4.98 Å². The van der Waals surface area contributed by atoms with Crippen LogP contribution in [0.15, 0.2) is 78.0 Å². The number of rotatable bonds is 8. The van der Waals surface area contributed by atoms with Gasteiger partial charge in [0, 0.05) is 25.5 Å². The van der Waals surface area contributed by atoms with E-state index < -0.39 is 10.0 Å². The molecule has 6 nitrogen and oxygen atoms in total. The minimum atomic E-state index is -3.72. The fourth-order valence-electron chi connectivity index (χ4n) is 2.74. The molecular weight excluding hydrogens is 376 g/mol. The van der Waals surface area contributed by atoms with Crippen molar-refractivity contribution in [2.24, 2.45) is 0 Å². The number of hydrogen-bond donors (Lipinski definition) is 0. The Morgan fingerprint density at radius 1 is 0.821 bits per heavy atom. The van der Waals surface area contributed by atoms with E-state index in [4.69, 9.17) is 9.47 Å². The van der Waals surface area contributed by atoms with Crippen molar-refractivity contribution in [3.63, 3.8) is 0 Å². The highest BCUT2D eigenvalue weighted by Crippen LogP contribution is 2.22. The van der Waals surface area contributed by atoms with Gasteiger partial charge in [0.2, 0.25) is 10.0 Å². The Morgan fingerprint density at radius 3 is 1.71 bits per heavy atom. The molecule has 1 aromatic heterocycles. The Morgan fingerprint density at radius 2 is 1.32 bits per heavy atom. The number of methoxy groups -OCH3 is 2. The lowest BCUT2D eigenvalue weighted by molar-refractivity contribution is 0.397. The maximum atomic E-state index is 13.2. The lowest BCUT2D eigenvalue weighted by Gasteiger charge is -2.22. The fraction of sp³-hybridized carbons (Fsp3) is 0.190. The van der Waals surface area contributed by atoms with E-state index >= 15 is 0 Å². The third-order valence-corrected chi connectivity index (χ3v) is 6.08. The van der Waals surface area contributed by atoms with Gasteiger partial charge in [-0.25, -0.2) is 8.42 Å². The van der Waals surface area contributed by atoms with E-state index in [9.17, 15) is 8.42 Å². The lowest BCUT2D eigenvalue weighted by atomic mass is 10.2. The van der Waals surface area contributed by atoms with Crippen LogP contribution >= 0.6 is 0 Å². The summed E-state index contributed by atoms with van der Waals surface area (Å²) in [7, 11) is -0.530. The van der Waals surface area contributed by atoms with E-state index in [1.54, 1.807) is 32.5 Å². The molecule has 0 spiro atoms. The molecule has 0 aliphatic rings. The minimum Gasteiger partial charge on any atom is -0.497 e. The van der Waals surface area contributed by atoms with Gasteiger partial charge in [0.15, 0.2) is 0 Å². The normalized spacial score (nSPS) is 11.4. The molecule has 0 saturated carbocycles. The van der Waals surface area contributed by atoms with Crippen LogP contribution in [0.3, 0.4) is 0 Å². The molecule has 0 unspecified atom stereocenters. The second-order valence-corrected chi connectivity index (χ2v) is 8.10. The summed E-state index contributed by atoms with van der Waals surface area (Å²) in [4.78, 5) is 4.12. The van der Waals surface area contributed by atoms with Crippen molar-refractivity contribution in [2.45, 2.75) is 18.0 Å². The molecule has 2 aromatic carbocycles. The van der Waals surface area contributed by atoms with Crippen molar-refractivity contribution < 1.29 is 17.9 Å². The highest BCUT2D eigenvalue weighted by atomic mass is 32.2. The van der Waals surface area contributed by atoms with Crippen LogP contribution in [-0.2, 0) is 23.1 Å². The van der Waals surface area contributed by atoms with Gasteiger partial charge in [-0.2, -0.15) is 4.31 Å². The van der Waals surface area contributed by atoms with Crippen LogP contribution in [0.25, 0.3) is 0 Å². The maximum absolute atomic E-state index is 13.2. The molecule has 3 aromatic rings. The van der Waals surface area contributed by atoms with Gasteiger partial charge in [-0.15, -0.1) is 0 Å². The van der Waals surface area contributed by atoms with E-state index in [1.807, 2.05) is 48.5 Å². The summed E-state index contributed by atoms with van der Waals surface area (Å²) in [6, 6.07) is 17.9. The Labute approximate surface area is 165 Å². The monoisotopic (exact) mass is 398 g/mol. The molecule has 0 N–H and O–H groups in total. The van der Waals surface area contributed by atoms with Crippen LogP contribution in [0.4, 0.5) is 0 Å². The van der Waals surface area contributed by atoms with Gasteiger partial charge in [0.05, 0.1) is 14.2 Å². The number of hydrogen-bond acceptors (Lipinski definition) is 5. The third kappa shape index (κ3) is 4.68. The lowest BCUT2D eigenvalue weighted by Crippen LogP contribution is -2.30. The van der Waals surface area contributed by atoms with E-state index in [0.29, 0.717) is 0 Å². The fourth-order valence-corrected chi connectivity index (χ4v) is 4.12. The van der Waals surface area contributed by atoms with Crippen LogP contribution in [0.2, 0.25) is 0 Å². The SMILES string of the molecule is COc1ccc(CN(Cc2ccc(OC)cc2)S(=O)(=O)c2cccnc2)cc1. The first-order chi connectivity index (χ1) is 13.5. The van der Waals surface area contributed by atoms with E-state index in [2.05, 4.69) is 4.98 Å². The molecule has 0 fully saturated rings. The standard InChI is InChI=1S/C21H22N2O4S/c1-26-19-9-5-17(6-10-19)15-23(16-18-7-11-20(27-2)12-8-18)28(24,25)21-4-3-13-22-14-21/h3-14H,15-16H2,1-2H3. The summed E-state index contributed by atoms with van der Waals surface area (Å²) in [5.41, 5.74) is 1.73. The van der Waals surface area contributed by atoms with Crippen molar-refractivity contribution in [1.82, 2.24) is 9.29 Å². The predicted octanol–water partition coefficient (Wildman–Crippen LogP) is 3.49. The highest BCUT2D eigenvalue weighted by molar-refractivity contribution is 7.89. The summed E-state index contributed by atoms with van der Waals surface area (Å²) in [6.07, 6.45) is 2.92. The largest absolute Gasteiger partial charge is 0.497 e. The topological polar surface area (TPSA) is 68.7 Å². The Balaban J connectivity index is 1.92. The van der Waals surface area contributed by atoms with Crippen LogP contribution in [-0.4, -0.2) is 31.9 Å². The zero-order valence-corrected chi connectivity index (χ0v) is 16.6. The van der Waals surface area contributed by atoms with Gasteiger partial charge in [-0.05, 0) is 47.5 Å². The van der Waals surface area contributed by atoms with Gasteiger partial charge in [0.1, 0.15) is 16.4 Å². The first-order valence-corrected chi connectivity index (χ1v) is 10.1. The molecule has 0 aliphatic heterocycles. The Bertz CT molecular complexity index is 939. The highest BCUT2D eigenvalue weighted by Gasteiger charge is 2.25. The predicted molar refractivity (Wildman–Crippen MR) is 107 cm³/mol. The second kappa shape index (κ2) is 8.86. The van der Waals surface area contributed by atoms with Gasteiger partial charge in [0.25, 0.3) is 0 Å². The van der Waals surface area contributed by atoms with Gasteiger partial charge >= 0.3 is 0 Å². The molecule has 0 aliphatic carbocycles. The Hall–Kier alpha value is -2.90. The van der Waals surface area contributed by atoms with Crippen LogP contribution in [0.5, 0.6) is 11.5 Å². The second-order valence-electron chi connectivity index (χ2n) is 6.16. The number of pyridine rings is 1. The molecule has 0 bridgehead atoms. The minimum absolute atomic E-state index is 0.164. The molecule has 0 atom stereocenters. The summed E-state index contributed by atoms with van der Waals surface area (Å²) >= 11 is 0. The quantitative estimate of drug-likeness (QED) is 0.581. The Kier molecular flexibility index (Phi) is 6.28. The van der Waals surface area contributed by atoms with Crippen molar-refractivity contribution in [1.29, 1.82) is 0 Å². The average Bonchev–Trinajstić information content (AvgIpc) is 2.75. The van der Waals surface area contributed by atoms with E-state index in [1.165, 1.54) is 10.5 Å². The van der Waals surface area contributed by atoms with Crippen LogP contribution < -0.4 is 9.47 Å². The van der Waals surface area contributed by atoms with E-state index in [0.717, 1.165) is 22.6 Å². The van der Waals surface area contributed by atoms with E-state index in [-0.39, 0.29) is 18.0 Å². The summed E-state index contributed by atoms with van der Waals surface area (Å²) in [6.45, 7) is 0.459. The van der Waals surface area contributed by atoms with Crippen LogP contribution in [0.1, 0.15) is 11.1 Å². The van der Waals surface area contributed by atoms with Crippen molar-refractivity contribution in [3.8, 4) is 11.5 Å². The summed E-state index contributed by atoms with van der Waals surface area (Å²) in [5, 5.41) is 0. The van der Waals surface area contributed by atoms with Crippen LogP contribution in [0, 0.1) is 0 Å². The number of sulfonamides is 1. The molecule has 0 saturated heterocycles. The van der Waals surface area contributed by atoms with Gasteiger partial charge in [-0.1, -0.05) is 24.3 Å². The smallest absolute Gasteiger partial charge is 0.245 e. The molecule has 28 heavy (non-hydrogen) atoms. The zero-order valence-electron chi connectivity index (χ0n) is 15.8. The third-order valence-electron chi connectivity index (χ3n) is 4.31.